The van der Waals surface area contributed by atoms with Crippen LogP contribution in [0.3, 0.4) is 0 Å². The van der Waals surface area contributed by atoms with E-state index in [2.05, 4.69) is 24.1 Å². The van der Waals surface area contributed by atoms with E-state index in [-0.39, 0.29) is 11.5 Å². The first-order valence-corrected chi connectivity index (χ1v) is 11.9. The molecule has 0 aliphatic carbocycles. The van der Waals surface area contributed by atoms with Crippen molar-refractivity contribution >= 4 is 33.1 Å². The second kappa shape index (κ2) is 10.3. The molecular weight excluding hydrogens is 424 g/mol. The molecule has 8 heteroatoms. The van der Waals surface area contributed by atoms with Crippen molar-refractivity contribution in [1.29, 1.82) is 0 Å². The lowest BCUT2D eigenvalue weighted by atomic mass is 10.2. The van der Waals surface area contributed by atoms with Gasteiger partial charge in [0.05, 0.1) is 18.5 Å². The molecule has 172 valence electrons. The first-order chi connectivity index (χ1) is 15.3. The minimum Gasteiger partial charge on any atom is -0.494 e. The third-order valence-corrected chi connectivity index (χ3v) is 6.87. The van der Waals surface area contributed by atoms with E-state index in [1.165, 1.54) is 11.3 Å². The first kappa shape index (κ1) is 23.9. The fourth-order valence-corrected chi connectivity index (χ4v) is 4.71. The Morgan fingerprint density at radius 2 is 1.84 bits per heavy atom. The molecule has 0 radical (unpaired) electrons. The topological polar surface area (TPSA) is 76.5 Å². The van der Waals surface area contributed by atoms with Gasteiger partial charge in [0.25, 0.3) is 5.56 Å². The van der Waals surface area contributed by atoms with E-state index >= 15 is 0 Å². The third kappa shape index (κ3) is 4.86. The lowest BCUT2D eigenvalue weighted by Gasteiger charge is -2.23. The third-order valence-electron chi connectivity index (χ3n) is 5.77. The van der Waals surface area contributed by atoms with Crippen LogP contribution >= 0.6 is 11.3 Å². The van der Waals surface area contributed by atoms with E-state index in [0.29, 0.717) is 30.0 Å². The molecule has 1 atom stereocenters. The van der Waals surface area contributed by atoms with Crippen molar-refractivity contribution in [2.24, 2.45) is 0 Å². The van der Waals surface area contributed by atoms with Gasteiger partial charge in [-0.3, -0.25) is 19.1 Å². The highest BCUT2D eigenvalue weighted by Crippen LogP contribution is 2.27. The summed E-state index contributed by atoms with van der Waals surface area (Å²) in [5.41, 5.74) is 1.43. The van der Waals surface area contributed by atoms with Crippen molar-refractivity contribution < 1.29 is 9.53 Å². The zero-order chi connectivity index (χ0) is 23.4. The Morgan fingerprint density at radius 1 is 1.19 bits per heavy atom. The first-order valence-electron chi connectivity index (χ1n) is 11.1. The predicted molar refractivity (Wildman–Crippen MR) is 131 cm³/mol. The highest BCUT2D eigenvalue weighted by atomic mass is 32.1. The average molecular weight is 457 g/mol. The van der Waals surface area contributed by atoms with E-state index in [1.54, 1.807) is 23.6 Å². The number of hydrogen-bond donors (Lipinski definition) is 1. The number of carbonyl (C=O) groups excluding carboxylic acids is 1. The van der Waals surface area contributed by atoms with Crippen molar-refractivity contribution in [1.82, 2.24) is 14.5 Å². The Kier molecular flexibility index (Phi) is 7.69. The van der Waals surface area contributed by atoms with Crippen LogP contribution in [0.25, 0.3) is 10.2 Å². The van der Waals surface area contributed by atoms with Gasteiger partial charge in [-0.25, -0.2) is 4.98 Å². The van der Waals surface area contributed by atoms with Crippen LogP contribution in [0.4, 0.5) is 5.69 Å². The van der Waals surface area contributed by atoms with E-state index in [4.69, 9.17) is 9.72 Å². The summed E-state index contributed by atoms with van der Waals surface area (Å²) in [5, 5.41) is 3.53. The van der Waals surface area contributed by atoms with Gasteiger partial charge in [-0.2, -0.15) is 0 Å². The van der Waals surface area contributed by atoms with Crippen LogP contribution < -0.4 is 15.6 Å². The van der Waals surface area contributed by atoms with Gasteiger partial charge < -0.3 is 10.1 Å². The van der Waals surface area contributed by atoms with Gasteiger partial charge in [-0.15, -0.1) is 11.3 Å². The lowest BCUT2D eigenvalue weighted by Crippen LogP contribution is -2.37. The molecule has 1 N–H and O–H groups in total. The SMILES string of the molecule is CCOc1ccc(NC(=O)C(C)n2c(CN(CC)CC)nc3sc(C)c(C)c3c2=O)cc1. The zero-order valence-corrected chi connectivity index (χ0v) is 20.5. The van der Waals surface area contributed by atoms with Crippen LogP contribution in [0.1, 0.15) is 50.0 Å². The quantitative estimate of drug-likeness (QED) is 0.512. The number of aryl methyl sites for hydroxylation is 2. The number of nitrogens with one attached hydrogen (secondary N) is 1. The molecule has 0 aliphatic heterocycles. The summed E-state index contributed by atoms with van der Waals surface area (Å²) in [6.07, 6.45) is 0. The lowest BCUT2D eigenvalue weighted by molar-refractivity contribution is -0.119. The van der Waals surface area contributed by atoms with Crippen molar-refractivity contribution in [3.63, 3.8) is 0 Å². The molecule has 32 heavy (non-hydrogen) atoms. The van der Waals surface area contributed by atoms with Gasteiger partial charge in [-0.05, 0) is 70.6 Å². The average Bonchev–Trinajstić information content (AvgIpc) is 3.06. The second-order valence-corrected chi connectivity index (χ2v) is 8.95. The van der Waals surface area contributed by atoms with Crippen molar-refractivity contribution in [3.8, 4) is 5.75 Å². The van der Waals surface area contributed by atoms with Gasteiger partial charge >= 0.3 is 0 Å². The Bertz CT molecular complexity index is 1150. The molecule has 0 saturated carbocycles. The fourth-order valence-electron chi connectivity index (χ4n) is 3.67. The van der Waals surface area contributed by atoms with Gasteiger partial charge in [0.2, 0.25) is 5.91 Å². The number of hydrogen-bond acceptors (Lipinski definition) is 6. The summed E-state index contributed by atoms with van der Waals surface area (Å²) in [7, 11) is 0. The molecule has 0 spiro atoms. The summed E-state index contributed by atoms with van der Waals surface area (Å²) >= 11 is 1.53. The van der Waals surface area contributed by atoms with Crippen LogP contribution in [-0.4, -0.2) is 40.1 Å². The van der Waals surface area contributed by atoms with E-state index in [9.17, 15) is 9.59 Å². The number of amides is 1. The Balaban J connectivity index is 2.00. The molecule has 7 nitrogen and oxygen atoms in total. The maximum atomic E-state index is 13.6. The number of rotatable bonds is 9. The smallest absolute Gasteiger partial charge is 0.263 e. The van der Waals surface area contributed by atoms with Crippen LogP contribution in [0.2, 0.25) is 0 Å². The van der Waals surface area contributed by atoms with Crippen molar-refractivity contribution in [2.75, 3.05) is 25.0 Å². The minimum atomic E-state index is -0.712. The highest BCUT2D eigenvalue weighted by molar-refractivity contribution is 7.18. The molecular formula is C24H32N4O3S. The normalized spacial score (nSPS) is 12.3. The molecule has 3 rings (SSSR count). The highest BCUT2D eigenvalue weighted by Gasteiger charge is 2.24. The van der Waals surface area contributed by atoms with Crippen molar-refractivity contribution in [2.45, 2.75) is 54.1 Å². The summed E-state index contributed by atoms with van der Waals surface area (Å²) in [4.78, 5) is 35.5. The molecule has 2 heterocycles. The number of anilines is 1. The maximum Gasteiger partial charge on any atom is 0.263 e. The van der Waals surface area contributed by atoms with Crippen LogP contribution in [0.5, 0.6) is 5.75 Å². The largest absolute Gasteiger partial charge is 0.494 e. The molecule has 0 fully saturated rings. The summed E-state index contributed by atoms with van der Waals surface area (Å²) in [6.45, 7) is 14.5. The van der Waals surface area contributed by atoms with Crippen LogP contribution in [0, 0.1) is 13.8 Å². The second-order valence-electron chi connectivity index (χ2n) is 7.75. The number of ether oxygens (including phenoxy) is 1. The fraction of sp³-hybridized carbons (Fsp3) is 0.458. The Labute approximate surface area is 193 Å². The number of benzene rings is 1. The van der Waals surface area contributed by atoms with Gasteiger partial charge in [-0.1, -0.05) is 13.8 Å². The Hall–Kier alpha value is -2.71. The zero-order valence-electron chi connectivity index (χ0n) is 19.7. The molecule has 2 aromatic heterocycles. The molecule has 0 bridgehead atoms. The molecule has 0 aliphatic rings. The number of aromatic nitrogens is 2. The number of thiophene rings is 1. The van der Waals surface area contributed by atoms with Crippen molar-refractivity contribution in [3.05, 3.63) is 50.9 Å². The van der Waals surface area contributed by atoms with E-state index in [1.807, 2.05) is 32.9 Å². The van der Waals surface area contributed by atoms with E-state index < -0.39 is 6.04 Å². The number of fused-ring (bicyclic) bond motifs is 1. The van der Waals surface area contributed by atoms with Crippen LogP contribution in [0.15, 0.2) is 29.1 Å². The monoisotopic (exact) mass is 456 g/mol. The molecule has 0 saturated heterocycles. The number of nitrogens with zero attached hydrogens (tertiary/aromatic N) is 3. The summed E-state index contributed by atoms with van der Waals surface area (Å²) in [6, 6.07) is 6.50. The molecule has 1 amide bonds. The molecule has 1 unspecified atom stereocenters. The van der Waals surface area contributed by atoms with Gasteiger partial charge in [0.15, 0.2) is 0 Å². The van der Waals surface area contributed by atoms with Crippen LogP contribution in [-0.2, 0) is 11.3 Å². The van der Waals surface area contributed by atoms with Gasteiger partial charge in [0.1, 0.15) is 22.4 Å². The predicted octanol–water partition coefficient (Wildman–Crippen LogP) is 4.52. The minimum absolute atomic E-state index is 0.159. The standard InChI is InChI=1S/C24H32N4O3S/c1-7-27(8-2)14-20-26-23-21(15(4)17(6)32-23)24(30)28(20)16(5)22(29)25-18-10-12-19(13-11-18)31-9-3/h10-13,16H,7-9,14H2,1-6H3,(H,25,29). The summed E-state index contributed by atoms with van der Waals surface area (Å²) in [5.74, 6) is 1.10. The Morgan fingerprint density at radius 3 is 2.44 bits per heavy atom. The van der Waals surface area contributed by atoms with Gasteiger partial charge in [0, 0.05) is 10.6 Å². The maximum absolute atomic E-state index is 13.6. The summed E-state index contributed by atoms with van der Waals surface area (Å²) < 4.78 is 7.02. The van der Waals surface area contributed by atoms with E-state index in [0.717, 1.165) is 34.1 Å². The molecule has 1 aromatic carbocycles. The molecule has 3 aromatic rings. The number of carbonyl (C=O) groups is 1.